The van der Waals surface area contributed by atoms with Gasteiger partial charge in [0, 0.05) is 22.7 Å². The van der Waals surface area contributed by atoms with Gasteiger partial charge in [-0.3, -0.25) is 0 Å². The molecule has 1 N–H and O–H groups in total. The molecule has 2 aromatic heterocycles. The van der Waals surface area contributed by atoms with E-state index < -0.39 is 5.60 Å². The van der Waals surface area contributed by atoms with E-state index in [1.54, 1.807) is 6.20 Å². The van der Waals surface area contributed by atoms with Crippen LogP contribution < -0.4 is 5.32 Å². The SMILES string of the molecule is CC(C)(C)OC(=O)NC1(c2ccc(-c3oc4ncccc4c3-c3ccccc3)cc2)CCC1. The second kappa shape index (κ2) is 8.07. The van der Waals surface area contributed by atoms with Crippen molar-refractivity contribution in [2.45, 2.75) is 51.2 Å². The Bertz CT molecular complexity index is 1280. The number of fused-ring (bicyclic) bond motifs is 1. The second-order valence-electron chi connectivity index (χ2n) is 9.67. The number of hydrogen-bond acceptors (Lipinski definition) is 4. The first-order chi connectivity index (χ1) is 15.8. The lowest BCUT2D eigenvalue weighted by Crippen LogP contribution is -2.52. The average molecular weight is 441 g/mol. The van der Waals surface area contributed by atoms with Gasteiger partial charge in [0.1, 0.15) is 11.4 Å². The van der Waals surface area contributed by atoms with Gasteiger partial charge in [-0.1, -0.05) is 54.6 Å². The molecular formula is C28H28N2O3. The second-order valence-corrected chi connectivity index (χ2v) is 9.67. The molecule has 5 heteroatoms. The topological polar surface area (TPSA) is 64.4 Å². The first kappa shape index (κ1) is 21.3. The zero-order valence-electron chi connectivity index (χ0n) is 19.2. The lowest BCUT2D eigenvalue weighted by molar-refractivity contribution is 0.0377. The molecule has 0 saturated heterocycles. The monoisotopic (exact) mass is 440 g/mol. The summed E-state index contributed by atoms with van der Waals surface area (Å²) in [5.74, 6) is 0.796. The summed E-state index contributed by atoms with van der Waals surface area (Å²) in [5.41, 5.74) is 3.90. The molecule has 168 valence electrons. The van der Waals surface area contributed by atoms with E-state index in [0.29, 0.717) is 5.71 Å². The van der Waals surface area contributed by atoms with Crippen LogP contribution in [-0.4, -0.2) is 16.7 Å². The molecule has 5 nitrogen and oxygen atoms in total. The van der Waals surface area contributed by atoms with E-state index in [1.165, 1.54) is 0 Å². The molecule has 0 bridgehead atoms. The maximum absolute atomic E-state index is 12.5. The highest BCUT2D eigenvalue weighted by molar-refractivity contribution is 6.00. The Hall–Kier alpha value is -3.60. The van der Waals surface area contributed by atoms with Crippen LogP contribution in [0.5, 0.6) is 0 Å². The van der Waals surface area contributed by atoms with Crippen LogP contribution in [-0.2, 0) is 10.3 Å². The molecule has 5 rings (SSSR count). The van der Waals surface area contributed by atoms with Gasteiger partial charge >= 0.3 is 6.09 Å². The Balaban J connectivity index is 1.50. The Labute approximate surface area is 193 Å². The third-order valence-corrected chi connectivity index (χ3v) is 6.18. The van der Waals surface area contributed by atoms with Crippen molar-refractivity contribution in [1.29, 1.82) is 0 Å². The van der Waals surface area contributed by atoms with Crippen LogP contribution in [0.2, 0.25) is 0 Å². The molecular weight excluding hydrogens is 412 g/mol. The third-order valence-electron chi connectivity index (χ3n) is 6.18. The van der Waals surface area contributed by atoms with Gasteiger partial charge in [-0.15, -0.1) is 0 Å². The molecule has 0 unspecified atom stereocenters. The number of pyridine rings is 1. The highest BCUT2D eigenvalue weighted by atomic mass is 16.6. The van der Waals surface area contributed by atoms with Crippen molar-refractivity contribution < 1.29 is 13.9 Å². The Kier molecular flexibility index (Phi) is 5.20. The maximum Gasteiger partial charge on any atom is 0.408 e. The molecule has 1 aliphatic rings. The van der Waals surface area contributed by atoms with Gasteiger partial charge in [0.05, 0.1) is 5.54 Å². The van der Waals surface area contributed by atoms with Crippen LogP contribution in [0.1, 0.15) is 45.6 Å². The average Bonchev–Trinajstić information content (AvgIpc) is 3.15. The van der Waals surface area contributed by atoms with Gasteiger partial charge in [-0.2, -0.15) is 0 Å². The molecule has 2 aromatic carbocycles. The summed E-state index contributed by atoms with van der Waals surface area (Å²) in [5, 5.41) is 4.12. The highest BCUT2D eigenvalue weighted by Gasteiger charge is 2.41. The molecule has 0 atom stereocenters. The molecule has 1 fully saturated rings. The molecule has 0 radical (unpaired) electrons. The van der Waals surface area contributed by atoms with E-state index >= 15 is 0 Å². The van der Waals surface area contributed by atoms with Crippen molar-refractivity contribution in [1.82, 2.24) is 10.3 Å². The third kappa shape index (κ3) is 4.11. The quantitative estimate of drug-likeness (QED) is 0.369. The van der Waals surface area contributed by atoms with Crippen molar-refractivity contribution in [3.05, 3.63) is 78.5 Å². The van der Waals surface area contributed by atoms with E-state index in [0.717, 1.165) is 52.7 Å². The van der Waals surface area contributed by atoms with Crippen LogP contribution in [0.3, 0.4) is 0 Å². The van der Waals surface area contributed by atoms with Gasteiger partial charge < -0.3 is 14.5 Å². The van der Waals surface area contributed by atoms with E-state index in [2.05, 4.69) is 46.7 Å². The van der Waals surface area contributed by atoms with Gasteiger partial charge in [-0.05, 0) is 63.3 Å². The van der Waals surface area contributed by atoms with Crippen LogP contribution in [0.15, 0.2) is 77.3 Å². The number of hydrogen-bond donors (Lipinski definition) is 1. The van der Waals surface area contributed by atoms with Crippen molar-refractivity contribution in [2.24, 2.45) is 0 Å². The highest BCUT2D eigenvalue weighted by Crippen LogP contribution is 2.44. The number of aromatic nitrogens is 1. The number of nitrogens with one attached hydrogen (secondary N) is 1. The molecule has 1 saturated carbocycles. The zero-order chi connectivity index (χ0) is 23.1. The first-order valence-corrected chi connectivity index (χ1v) is 11.4. The smallest absolute Gasteiger partial charge is 0.408 e. The Morgan fingerprint density at radius 2 is 1.70 bits per heavy atom. The number of benzene rings is 2. The lowest BCUT2D eigenvalue weighted by Gasteiger charge is -2.43. The van der Waals surface area contributed by atoms with Crippen LogP contribution in [0.25, 0.3) is 33.6 Å². The zero-order valence-corrected chi connectivity index (χ0v) is 19.2. The predicted octanol–water partition coefficient (Wildman–Crippen LogP) is 7.07. The van der Waals surface area contributed by atoms with Gasteiger partial charge in [0.25, 0.3) is 0 Å². The summed E-state index contributed by atoms with van der Waals surface area (Å²) in [6, 6.07) is 22.5. The van der Waals surface area contributed by atoms with Gasteiger partial charge in [0.2, 0.25) is 5.71 Å². The Morgan fingerprint density at radius 3 is 2.33 bits per heavy atom. The molecule has 4 aromatic rings. The number of alkyl carbamates (subject to hydrolysis) is 1. The van der Waals surface area contributed by atoms with E-state index in [4.69, 9.17) is 9.15 Å². The number of nitrogens with zero attached hydrogens (tertiary/aromatic N) is 1. The number of carbonyl (C=O) groups is 1. The number of carbonyl (C=O) groups excluding carboxylic acids is 1. The fourth-order valence-corrected chi connectivity index (χ4v) is 4.48. The fourth-order valence-electron chi connectivity index (χ4n) is 4.48. The number of rotatable bonds is 4. The molecule has 33 heavy (non-hydrogen) atoms. The minimum atomic E-state index is -0.526. The fraction of sp³-hybridized carbons (Fsp3) is 0.286. The summed E-state index contributed by atoms with van der Waals surface area (Å²) in [6.07, 6.45) is 4.24. The summed E-state index contributed by atoms with van der Waals surface area (Å²) >= 11 is 0. The first-order valence-electron chi connectivity index (χ1n) is 11.4. The van der Waals surface area contributed by atoms with E-state index in [9.17, 15) is 4.79 Å². The largest absolute Gasteiger partial charge is 0.444 e. The number of ether oxygens (including phenoxy) is 1. The summed E-state index contributed by atoms with van der Waals surface area (Å²) in [6.45, 7) is 5.63. The van der Waals surface area contributed by atoms with Gasteiger partial charge in [0.15, 0.2) is 0 Å². The van der Waals surface area contributed by atoms with Crippen molar-refractivity contribution in [3.63, 3.8) is 0 Å². The standard InChI is InChI=1S/C28H28N2O3/c1-27(2,3)33-26(31)30-28(16-8-17-28)21-14-12-20(13-15-21)24-23(19-9-5-4-6-10-19)22-11-7-18-29-25(22)32-24/h4-7,9-15,18H,8,16-17H2,1-3H3,(H,30,31). The van der Waals surface area contributed by atoms with Crippen LogP contribution in [0.4, 0.5) is 4.79 Å². The minimum Gasteiger partial charge on any atom is -0.444 e. The molecule has 0 spiro atoms. The lowest BCUT2D eigenvalue weighted by atomic mass is 9.71. The summed E-state index contributed by atoms with van der Waals surface area (Å²) < 4.78 is 11.7. The molecule has 1 aliphatic carbocycles. The Morgan fingerprint density at radius 1 is 0.970 bits per heavy atom. The van der Waals surface area contributed by atoms with E-state index in [-0.39, 0.29) is 11.6 Å². The van der Waals surface area contributed by atoms with Gasteiger partial charge in [-0.25, -0.2) is 9.78 Å². The minimum absolute atomic E-state index is 0.374. The normalized spacial score (nSPS) is 15.1. The van der Waals surface area contributed by atoms with E-state index in [1.807, 2.05) is 51.1 Å². The molecule has 0 aliphatic heterocycles. The van der Waals surface area contributed by atoms with Crippen molar-refractivity contribution in [2.75, 3.05) is 0 Å². The van der Waals surface area contributed by atoms with Crippen LogP contribution in [0, 0.1) is 0 Å². The van der Waals surface area contributed by atoms with Crippen molar-refractivity contribution in [3.8, 4) is 22.5 Å². The number of furan rings is 1. The molecule has 2 heterocycles. The summed E-state index contributed by atoms with van der Waals surface area (Å²) in [4.78, 5) is 16.9. The van der Waals surface area contributed by atoms with Crippen LogP contribution >= 0.6 is 0 Å². The molecule has 1 amide bonds. The summed E-state index contributed by atoms with van der Waals surface area (Å²) in [7, 11) is 0. The number of amides is 1. The maximum atomic E-state index is 12.5. The van der Waals surface area contributed by atoms with Crippen molar-refractivity contribution >= 4 is 17.2 Å². The predicted molar refractivity (Wildman–Crippen MR) is 130 cm³/mol.